The van der Waals surface area contributed by atoms with Gasteiger partial charge in [-0.1, -0.05) is 20.3 Å². The first-order valence-electron chi connectivity index (χ1n) is 5.85. The number of aromatic nitrogens is 1. The maximum Gasteiger partial charge on any atom is 0.213 e. The number of hydrogen-bond acceptors (Lipinski definition) is 3. The van der Waals surface area contributed by atoms with E-state index in [0.717, 1.165) is 12.0 Å². The Kier molecular flexibility index (Phi) is 4.74. The minimum atomic E-state index is -0.439. The normalized spacial score (nSPS) is 14.9. The van der Waals surface area contributed by atoms with E-state index in [1.54, 1.807) is 12.3 Å². The summed E-state index contributed by atoms with van der Waals surface area (Å²) in [6.45, 7) is 8.02. The van der Waals surface area contributed by atoms with E-state index in [-0.39, 0.29) is 12.0 Å². The highest BCUT2D eigenvalue weighted by atomic mass is 16.5. The van der Waals surface area contributed by atoms with Crippen LogP contribution in [0.15, 0.2) is 18.3 Å². The van der Waals surface area contributed by atoms with Gasteiger partial charge in [0.05, 0.1) is 12.2 Å². The molecule has 0 radical (unpaired) electrons. The number of aliphatic hydroxyl groups excluding tert-OH is 1. The molecular formula is C13H21NO2. The lowest BCUT2D eigenvalue weighted by molar-refractivity contribution is 0.115. The van der Waals surface area contributed by atoms with Gasteiger partial charge in [0.25, 0.3) is 0 Å². The molecule has 0 saturated carbocycles. The minimum Gasteiger partial charge on any atom is -0.475 e. The molecule has 0 aliphatic rings. The van der Waals surface area contributed by atoms with Crippen LogP contribution < -0.4 is 4.74 Å². The lowest BCUT2D eigenvalue weighted by Crippen LogP contribution is -2.10. The van der Waals surface area contributed by atoms with Crippen molar-refractivity contribution in [3.05, 3.63) is 23.9 Å². The van der Waals surface area contributed by atoms with Crippen molar-refractivity contribution in [2.75, 3.05) is 0 Å². The molecule has 0 fully saturated rings. The molecule has 2 atom stereocenters. The third-order valence-electron chi connectivity index (χ3n) is 2.64. The fraction of sp³-hybridized carbons (Fsp3) is 0.615. The molecule has 3 nitrogen and oxygen atoms in total. The number of aliphatic hydroxyl groups is 1. The summed E-state index contributed by atoms with van der Waals surface area (Å²) in [4.78, 5) is 4.17. The van der Waals surface area contributed by atoms with Crippen LogP contribution in [0.25, 0.3) is 0 Å². The van der Waals surface area contributed by atoms with E-state index in [0.29, 0.717) is 5.88 Å². The molecule has 3 heteroatoms. The third kappa shape index (κ3) is 3.49. The molecule has 1 heterocycles. The average molecular weight is 223 g/mol. The average Bonchev–Trinajstić information content (AvgIpc) is 2.27. The van der Waals surface area contributed by atoms with Gasteiger partial charge < -0.3 is 9.84 Å². The van der Waals surface area contributed by atoms with Gasteiger partial charge in [0, 0.05) is 12.3 Å². The van der Waals surface area contributed by atoms with E-state index in [9.17, 15) is 5.11 Å². The van der Waals surface area contributed by atoms with Crippen molar-refractivity contribution >= 4 is 0 Å². The Balaban J connectivity index is 2.70. The van der Waals surface area contributed by atoms with Crippen LogP contribution in [0.5, 0.6) is 5.88 Å². The van der Waals surface area contributed by atoms with E-state index >= 15 is 0 Å². The van der Waals surface area contributed by atoms with Gasteiger partial charge >= 0.3 is 0 Å². The number of pyridine rings is 1. The summed E-state index contributed by atoms with van der Waals surface area (Å²) >= 11 is 0. The molecule has 0 amide bonds. The fourth-order valence-electron chi connectivity index (χ4n) is 1.43. The molecule has 1 N–H and O–H groups in total. The highest BCUT2D eigenvalue weighted by Gasteiger charge is 2.14. The Bertz CT molecular complexity index is 308. The molecule has 0 aliphatic heterocycles. The quantitative estimate of drug-likeness (QED) is 0.834. The summed E-state index contributed by atoms with van der Waals surface area (Å²) in [6.07, 6.45) is 2.32. The predicted octanol–water partition coefficient (Wildman–Crippen LogP) is 2.95. The fourth-order valence-corrected chi connectivity index (χ4v) is 1.43. The molecule has 16 heavy (non-hydrogen) atoms. The summed E-state index contributed by atoms with van der Waals surface area (Å²) in [5.74, 6) is 0.855. The van der Waals surface area contributed by atoms with Gasteiger partial charge in [-0.3, -0.25) is 0 Å². The van der Waals surface area contributed by atoms with E-state index in [4.69, 9.17) is 4.74 Å². The lowest BCUT2D eigenvalue weighted by atomic mass is 9.97. The summed E-state index contributed by atoms with van der Waals surface area (Å²) < 4.78 is 5.44. The van der Waals surface area contributed by atoms with Gasteiger partial charge in [0.1, 0.15) is 0 Å². The van der Waals surface area contributed by atoms with Crippen LogP contribution in [0.4, 0.5) is 0 Å². The zero-order valence-electron chi connectivity index (χ0n) is 10.5. The molecule has 0 aliphatic carbocycles. The summed E-state index contributed by atoms with van der Waals surface area (Å²) in [7, 11) is 0. The van der Waals surface area contributed by atoms with Gasteiger partial charge in [-0.25, -0.2) is 4.98 Å². The van der Waals surface area contributed by atoms with Gasteiger partial charge in [-0.15, -0.1) is 0 Å². The summed E-state index contributed by atoms with van der Waals surface area (Å²) in [6, 6.07) is 3.68. The van der Waals surface area contributed by atoms with Crippen LogP contribution in [0.1, 0.15) is 45.8 Å². The van der Waals surface area contributed by atoms with Gasteiger partial charge in [0.15, 0.2) is 0 Å². The van der Waals surface area contributed by atoms with Crippen molar-refractivity contribution in [3.8, 4) is 5.88 Å². The van der Waals surface area contributed by atoms with Gasteiger partial charge in [-0.2, -0.15) is 0 Å². The van der Waals surface area contributed by atoms with E-state index in [1.807, 2.05) is 26.8 Å². The molecule has 90 valence electrons. The van der Waals surface area contributed by atoms with E-state index in [1.165, 1.54) is 0 Å². The predicted molar refractivity (Wildman–Crippen MR) is 64.4 cm³/mol. The number of nitrogens with zero attached hydrogens (tertiary/aromatic N) is 1. The van der Waals surface area contributed by atoms with Crippen molar-refractivity contribution in [1.82, 2.24) is 4.98 Å². The van der Waals surface area contributed by atoms with Gasteiger partial charge in [0.2, 0.25) is 5.88 Å². The Hall–Kier alpha value is -1.09. The number of hydrogen-bond donors (Lipinski definition) is 1. The smallest absolute Gasteiger partial charge is 0.213 e. The highest BCUT2D eigenvalue weighted by molar-refractivity contribution is 5.20. The molecule has 0 spiro atoms. The first kappa shape index (κ1) is 13.0. The first-order chi connectivity index (χ1) is 7.54. The van der Waals surface area contributed by atoms with Crippen molar-refractivity contribution in [2.45, 2.75) is 46.3 Å². The molecule has 1 rings (SSSR count). The Labute approximate surface area is 97.5 Å². The maximum atomic E-state index is 9.98. The molecule has 1 aromatic rings. The number of rotatable bonds is 5. The zero-order chi connectivity index (χ0) is 12.1. The van der Waals surface area contributed by atoms with Crippen LogP contribution in [0.3, 0.4) is 0 Å². The second-order valence-electron chi connectivity index (χ2n) is 4.43. The molecule has 1 unspecified atom stereocenters. The second-order valence-corrected chi connectivity index (χ2v) is 4.43. The molecule has 0 aromatic carbocycles. The zero-order valence-corrected chi connectivity index (χ0v) is 10.5. The summed E-state index contributed by atoms with van der Waals surface area (Å²) in [5, 5.41) is 9.98. The van der Waals surface area contributed by atoms with Crippen molar-refractivity contribution in [3.63, 3.8) is 0 Å². The first-order valence-corrected chi connectivity index (χ1v) is 5.85. The second kappa shape index (κ2) is 5.85. The Morgan fingerprint density at radius 2 is 2.00 bits per heavy atom. The van der Waals surface area contributed by atoms with Crippen LogP contribution in [0.2, 0.25) is 0 Å². The van der Waals surface area contributed by atoms with Crippen LogP contribution in [0, 0.1) is 5.92 Å². The third-order valence-corrected chi connectivity index (χ3v) is 2.64. The van der Waals surface area contributed by atoms with Crippen LogP contribution >= 0.6 is 0 Å². The van der Waals surface area contributed by atoms with Crippen molar-refractivity contribution in [1.29, 1.82) is 0 Å². The Morgan fingerprint density at radius 3 is 2.44 bits per heavy atom. The van der Waals surface area contributed by atoms with E-state index in [2.05, 4.69) is 11.9 Å². The molecule has 1 aromatic heterocycles. The largest absolute Gasteiger partial charge is 0.475 e. The number of ether oxygens (including phenoxy) is 1. The van der Waals surface area contributed by atoms with Crippen molar-refractivity contribution < 1.29 is 9.84 Å². The summed E-state index contributed by atoms with van der Waals surface area (Å²) in [5.41, 5.74) is 0.852. The monoisotopic (exact) mass is 223 g/mol. The SMILES string of the molecule is CC[C@@H](C)C(O)c1ccc(OC(C)C)nc1. The van der Waals surface area contributed by atoms with Crippen LogP contribution in [-0.4, -0.2) is 16.2 Å². The molecule has 0 saturated heterocycles. The topological polar surface area (TPSA) is 42.4 Å². The van der Waals surface area contributed by atoms with Crippen molar-refractivity contribution in [2.24, 2.45) is 5.92 Å². The standard InChI is InChI=1S/C13H21NO2/c1-5-10(4)13(15)11-6-7-12(14-8-11)16-9(2)3/h6-10,13,15H,5H2,1-4H3/t10-,13?/m1/s1. The lowest BCUT2D eigenvalue weighted by Gasteiger charge is -2.17. The highest BCUT2D eigenvalue weighted by Crippen LogP contribution is 2.24. The van der Waals surface area contributed by atoms with Crippen LogP contribution in [-0.2, 0) is 0 Å². The maximum absolute atomic E-state index is 9.98. The minimum absolute atomic E-state index is 0.123. The van der Waals surface area contributed by atoms with Gasteiger partial charge in [-0.05, 0) is 31.4 Å². The molecular weight excluding hydrogens is 202 g/mol. The Morgan fingerprint density at radius 1 is 1.31 bits per heavy atom. The van der Waals surface area contributed by atoms with E-state index < -0.39 is 6.10 Å². The molecule has 0 bridgehead atoms.